The molecule has 180 valence electrons. The largest absolute Gasteiger partial charge is 0.490 e. The Morgan fingerprint density at radius 2 is 1.79 bits per heavy atom. The van der Waals surface area contributed by atoms with Crippen LogP contribution < -0.4 is 14.8 Å². The van der Waals surface area contributed by atoms with Crippen molar-refractivity contribution in [1.29, 1.82) is 0 Å². The van der Waals surface area contributed by atoms with Crippen molar-refractivity contribution in [2.24, 2.45) is 0 Å². The Morgan fingerprint density at radius 1 is 1.06 bits per heavy atom. The molecule has 0 aromatic heterocycles. The number of nitrogens with one attached hydrogen (secondary N) is 1. The van der Waals surface area contributed by atoms with Crippen LogP contribution in [0.5, 0.6) is 11.5 Å². The summed E-state index contributed by atoms with van der Waals surface area (Å²) < 4.78 is 16.4. The number of carbonyl (C=O) groups excluding carboxylic acids is 4. The lowest BCUT2D eigenvalue weighted by Gasteiger charge is -2.27. The fraction of sp³-hybridized carbons (Fsp3) is 0.360. The Hall–Kier alpha value is -3.88. The van der Waals surface area contributed by atoms with Crippen LogP contribution >= 0.6 is 0 Å². The maximum atomic E-state index is 13.5. The first-order valence-electron chi connectivity index (χ1n) is 11.0. The molecule has 1 N–H and O–H groups in total. The number of imide groups is 1. The van der Waals surface area contributed by atoms with Crippen molar-refractivity contribution in [1.82, 2.24) is 4.90 Å². The fourth-order valence-electron chi connectivity index (χ4n) is 3.83. The zero-order valence-corrected chi connectivity index (χ0v) is 19.8. The Balaban J connectivity index is 2.09. The third-order valence-electron chi connectivity index (χ3n) is 5.17. The smallest absolute Gasteiger partial charge is 0.307 e. The highest BCUT2D eigenvalue weighted by atomic mass is 16.5. The molecular weight excluding hydrogens is 440 g/mol. The van der Waals surface area contributed by atoms with Crippen molar-refractivity contribution in [3.05, 3.63) is 53.1 Å². The summed E-state index contributed by atoms with van der Waals surface area (Å²) in [5.74, 6) is -1.21. The van der Waals surface area contributed by atoms with E-state index in [9.17, 15) is 19.2 Å². The fourth-order valence-corrected chi connectivity index (χ4v) is 3.83. The second-order valence-electron chi connectivity index (χ2n) is 7.99. The van der Waals surface area contributed by atoms with Crippen molar-refractivity contribution in [2.45, 2.75) is 46.3 Å². The number of anilines is 1. The molecule has 3 rings (SSSR count). The number of hydrogen-bond acceptors (Lipinski definition) is 7. The van der Waals surface area contributed by atoms with E-state index in [2.05, 4.69) is 5.32 Å². The first-order chi connectivity index (χ1) is 16.2. The first-order valence-corrected chi connectivity index (χ1v) is 11.0. The van der Waals surface area contributed by atoms with Gasteiger partial charge in [-0.1, -0.05) is 12.1 Å². The lowest BCUT2D eigenvalue weighted by atomic mass is 10.0. The van der Waals surface area contributed by atoms with Gasteiger partial charge in [0, 0.05) is 6.92 Å². The molecule has 0 spiro atoms. The normalized spacial score (nSPS) is 13.5. The first kappa shape index (κ1) is 24.8. The summed E-state index contributed by atoms with van der Waals surface area (Å²) in [7, 11) is 1.24. The Kier molecular flexibility index (Phi) is 7.55. The predicted molar refractivity (Wildman–Crippen MR) is 124 cm³/mol. The van der Waals surface area contributed by atoms with Crippen molar-refractivity contribution in [2.75, 3.05) is 19.0 Å². The van der Waals surface area contributed by atoms with Crippen LogP contribution in [0.1, 0.15) is 66.4 Å². The molecule has 2 aromatic carbocycles. The van der Waals surface area contributed by atoms with Gasteiger partial charge >= 0.3 is 5.97 Å². The van der Waals surface area contributed by atoms with Crippen molar-refractivity contribution in [3.8, 4) is 11.5 Å². The van der Waals surface area contributed by atoms with E-state index in [-0.39, 0.29) is 35.2 Å². The van der Waals surface area contributed by atoms with Crippen molar-refractivity contribution < 1.29 is 33.4 Å². The minimum absolute atomic E-state index is 0.0855. The van der Waals surface area contributed by atoms with Gasteiger partial charge in [0.05, 0.1) is 49.1 Å². The van der Waals surface area contributed by atoms with E-state index in [0.29, 0.717) is 23.7 Å². The van der Waals surface area contributed by atoms with Crippen LogP contribution in [-0.2, 0) is 14.3 Å². The second kappa shape index (κ2) is 10.4. The number of benzene rings is 2. The summed E-state index contributed by atoms with van der Waals surface area (Å²) >= 11 is 0. The molecule has 9 heteroatoms. The Morgan fingerprint density at radius 3 is 2.41 bits per heavy atom. The number of rotatable bonds is 9. The van der Waals surface area contributed by atoms with Gasteiger partial charge in [0.15, 0.2) is 11.5 Å². The predicted octanol–water partition coefficient (Wildman–Crippen LogP) is 3.73. The lowest BCUT2D eigenvalue weighted by molar-refractivity contribution is -0.141. The van der Waals surface area contributed by atoms with Gasteiger partial charge in [-0.2, -0.15) is 0 Å². The molecule has 0 fully saturated rings. The van der Waals surface area contributed by atoms with Crippen LogP contribution in [0.25, 0.3) is 0 Å². The molecular formula is C25H28N2O7. The monoisotopic (exact) mass is 468 g/mol. The number of amides is 3. The molecule has 2 aromatic rings. The molecule has 34 heavy (non-hydrogen) atoms. The molecule has 0 saturated carbocycles. The summed E-state index contributed by atoms with van der Waals surface area (Å²) in [5, 5.41) is 2.59. The van der Waals surface area contributed by atoms with Gasteiger partial charge < -0.3 is 19.5 Å². The molecule has 9 nitrogen and oxygen atoms in total. The van der Waals surface area contributed by atoms with Gasteiger partial charge in [0.2, 0.25) is 5.91 Å². The summed E-state index contributed by atoms with van der Waals surface area (Å²) in [5.41, 5.74) is 0.970. The van der Waals surface area contributed by atoms with E-state index >= 15 is 0 Å². The second-order valence-corrected chi connectivity index (χ2v) is 7.99. The number of esters is 1. The zero-order valence-electron chi connectivity index (χ0n) is 19.8. The average Bonchev–Trinajstić information content (AvgIpc) is 3.03. The molecule has 1 unspecified atom stereocenters. The van der Waals surface area contributed by atoms with Crippen LogP contribution in [0.3, 0.4) is 0 Å². The quantitative estimate of drug-likeness (QED) is 0.441. The standard InChI is InChI=1S/C25H28N2O7/c1-6-33-21-12-16(10-11-20(21)34-14(2)3)19(13-22(29)32-5)27-24(30)17-8-7-9-18(26-15(4)28)23(17)25(27)31/h7-12,14,19H,6,13H2,1-5H3,(H,26,28). The summed E-state index contributed by atoms with van der Waals surface area (Å²) in [6.07, 6.45) is -0.354. The number of hydrogen-bond donors (Lipinski definition) is 1. The maximum Gasteiger partial charge on any atom is 0.307 e. The zero-order chi connectivity index (χ0) is 25.0. The van der Waals surface area contributed by atoms with E-state index in [4.69, 9.17) is 14.2 Å². The topological polar surface area (TPSA) is 111 Å². The number of fused-ring (bicyclic) bond motifs is 1. The number of ether oxygens (including phenoxy) is 3. The van der Waals surface area contributed by atoms with Gasteiger partial charge in [0.25, 0.3) is 11.8 Å². The number of nitrogens with zero attached hydrogens (tertiary/aromatic N) is 1. The molecule has 0 saturated heterocycles. The molecule has 1 aliphatic rings. The highest BCUT2D eigenvalue weighted by molar-refractivity contribution is 6.24. The van der Waals surface area contributed by atoms with Gasteiger partial charge in [-0.25, -0.2) is 0 Å². The van der Waals surface area contributed by atoms with E-state index in [1.165, 1.54) is 20.1 Å². The highest BCUT2D eigenvalue weighted by Crippen LogP contribution is 2.39. The van der Waals surface area contributed by atoms with Gasteiger partial charge in [-0.05, 0) is 50.6 Å². The molecule has 1 atom stereocenters. The van der Waals surface area contributed by atoms with Crippen LogP contribution in [0.4, 0.5) is 5.69 Å². The molecule has 0 bridgehead atoms. The van der Waals surface area contributed by atoms with E-state index < -0.39 is 23.8 Å². The third kappa shape index (κ3) is 5.03. The molecule has 1 heterocycles. The van der Waals surface area contributed by atoms with Crippen LogP contribution in [0.2, 0.25) is 0 Å². The number of carbonyl (C=O) groups is 4. The third-order valence-corrected chi connectivity index (χ3v) is 5.17. The lowest BCUT2D eigenvalue weighted by Crippen LogP contribution is -2.35. The van der Waals surface area contributed by atoms with Crippen LogP contribution in [-0.4, -0.2) is 48.4 Å². The van der Waals surface area contributed by atoms with Crippen LogP contribution in [0.15, 0.2) is 36.4 Å². The van der Waals surface area contributed by atoms with Crippen molar-refractivity contribution >= 4 is 29.4 Å². The number of methoxy groups -OCH3 is 1. The highest BCUT2D eigenvalue weighted by Gasteiger charge is 2.43. The summed E-state index contributed by atoms with van der Waals surface area (Å²) in [6.45, 7) is 7.27. The molecule has 1 aliphatic heterocycles. The molecule has 3 amide bonds. The van der Waals surface area contributed by atoms with Gasteiger partial charge in [-0.3, -0.25) is 24.1 Å². The average molecular weight is 469 g/mol. The molecule has 0 aliphatic carbocycles. The van der Waals surface area contributed by atoms with E-state index in [0.717, 1.165) is 4.90 Å². The SMILES string of the molecule is CCOc1cc(C(CC(=O)OC)N2C(=O)c3cccc(NC(C)=O)c3C2=O)ccc1OC(C)C. The summed E-state index contributed by atoms with van der Waals surface area (Å²) in [6, 6.07) is 8.72. The molecule has 0 radical (unpaired) electrons. The minimum atomic E-state index is -0.961. The van der Waals surface area contributed by atoms with Gasteiger partial charge in [0.1, 0.15) is 0 Å². The van der Waals surface area contributed by atoms with Crippen LogP contribution in [0, 0.1) is 0 Å². The maximum absolute atomic E-state index is 13.5. The Bertz CT molecular complexity index is 1130. The van der Waals surface area contributed by atoms with E-state index in [1.807, 2.05) is 20.8 Å². The Labute approximate surface area is 198 Å². The van der Waals surface area contributed by atoms with Gasteiger partial charge in [-0.15, -0.1) is 0 Å². The summed E-state index contributed by atoms with van der Waals surface area (Å²) in [4.78, 5) is 51.7. The minimum Gasteiger partial charge on any atom is -0.490 e. The van der Waals surface area contributed by atoms with Crippen molar-refractivity contribution in [3.63, 3.8) is 0 Å². The van der Waals surface area contributed by atoms with E-state index in [1.54, 1.807) is 30.3 Å².